The van der Waals surface area contributed by atoms with Crippen molar-refractivity contribution in [1.82, 2.24) is 15.6 Å². The molecule has 1 fully saturated rings. The first kappa shape index (κ1) is 21.2. The highest BCUT2D eigenvalue weighted by atomic mass is 35.5. The van der Waals surface area contributed by atoms with Crippen molar-refractivity contribution in [2.24, 2.45) is 0 Å². The summed E-state index contributed by atoms with van der Waals surface area (Å²) in [6.07, 6.45) is 2.22. The quantitative estimate of drug-likeness (QED) is 0.421. The standard InChI is InChI=1S/C25H25N3O2.ClH/c29-25(27-16-18-7-3-6-17-5-1-2-8-20(17)18)23-15-21-22(28-23)9-4-10-24(21)30-19-11-13-26-14-12-19;/h1-10,15,19,26,28H,11-14,16H2,(H,27,29);1H. The molecule has 31 heavy (non-hydrogen) atoms. The lowest BCUT2D eigenvalue weighted by Crippen LogP contribution is -2.34. The fourth-order valence-electron chi connectivity index (χ4n) is 4.16. The van der Waals surface area contributed by atoms with Gasteiger partial charge in [0.2, 0.25) is 0 Å². The zero-order chi connectivity index (χ0) is 20.3. The summed E-state index contributed by atoms with van der Waals surface area (Å²) < 4.78 is 6.25. The summed E-state index contributed by atoms with van der Waals surface area (Å²) in [7, 11) is 0. The molecule has 4 aromatic rings. The predicted molar refractivity (Wildman–Crippen MR) is 127 cm³/mol. The maximum atomic E-state index is 12.8. The Labute approximate surface area is 187 Å². The van der Waals surface area contributed by atoms with Gasteiger partial charge in [0, 0.05) is 17.4 Å². The van der Waals surface area contributed by atoms with E-state index in [-0.39, 0.29) is 24.4 Å². The van der Waals surface area contributed by atoms with Gasteiger partial charge in [-0.1, -0.05) is 48.5 Å². The number of H-pyrrole nitrogens is 1. The van der Waals surface area contributed by atoms with Gasteiger partial charge in [-0.2, -0.15) is 0 Å². The van der Waals surface area contributed by atoms with Crippen molar-refractivity contribution in [1.29, 1.82) is 0 Å². The minimum atomic E-state index is -0.119. The smallest absolute Gasteiger partial charge is 0.267 e. The Morgan fingerprint density at radius 1 is 0.968 bits per heavy atom. The van der Waals surface area contributed by atoms with Crippen molar-refractivity contribution < 1.29 is 9.53 Å². The van der Waals surface area contributed by atoms with Gasteiger partial charge < -0.3 is 20.4 Å². The van der Waals surface area contributed by atoms with Gasteiger partial charge in [-0.3, -0.25) is 4.79 Å². The molecule has 1 saturated heterocycles. The Bertz CT molecular complexity index is 1190. The fourth-order valence-corrected chi connectivity index (χ4v) is 4.16. The third-order valence-corrected chi connectivity index (χ3v) is 5.77. The van der Waals surface area contributed by atoms with Gasteiger partial charge in [0.1, 0.15) is 17.5 Å². The van der Waals surface area contributed by atoms with Crippen LogP contribution < -0.4 is 15.4 Å². The minimum absolute atomic E-state index is 0. The van der Waals surface area contributed by atoms with Crippen molar-refractivity contribution in [3.63, 3.8) is 0 Å². The molecule has 5 nitrogen and oxygen atoms in total. The average molecular weight is 436 g/mol. The number of nitrogens with one attached hydrogen (secondary N) is 3. The van der Waals surface area contributed by atoms with Crippen molar-refractivity contribution in [2.75, 3.05) is 13.1 Å². The van der Waals surface area contributed by atoms with E-state index in [1.54, 1.807) is 0 Å². The molecule has 2 heterocycles. The fraction of sp³-hybridized carbons (Fsp3) is 0.240. The number of hydrogen-bond acceptors (Lipinski definition) is 3. The molecule has 0 atom stereocenters. The molecular weight excluding hydrogens is 410 g/mol. The molecule has 0 spiro atoms. The lowest BCUT2D eigenvalue weighted by atomic mass is 10.0. The maximum Gasteiger partial charge on any atom is 0.267 e. The van der Waals surface area contributed by atoms with Crippen LogP contribution in [0.1, 0.15) is 28.9 Å². The third kappa shape index (κ3) is 4.53. The normalized spacial score (nSPS) is 14.3. The van der Waals surface area contributed by atoms with Gasteiger partial charge >= 0.3 is 0 Å². The third-order valence-electron chi connectivity index (χ3n) is 5.77. The minimum Gasteiger partial charge on any atom is -0.490 e. The Morgan fingerprint density at radius 2 is 1.74 bits per heavy atom. The van der Waals surface area contributed by atoms with Crippen LogP contribution in [0.3, 0.4) is 0 Å². The lowest BCUT2D eigenvalue weighted by Gasteiger charge is -2.24. The summed E-state index contributed by atoms with van der Waals surface area (Å²) in [6, 6.07) is 22.2. The number of aromatic amines is 1. The number of hydrogen-bond donors (Lipinski definition) is 3. The second-order valence-corrected chi connectivity index (χ2v) is 7.79. The van der Waals surface area contributed by atoms with Crippen LogP contribution in [0.2, 0.25) is 0 Å². The molecule has 0 aliphatic carbocycles. The molecule has 1 aliphatic heterocycles. The molecule has 160 valence electrons. The number of benzene rings is 3. The Morgan fingerprint density at radius 3 is 2.61 bits per heavy atom. The van der Waals surface area contributed by atoms with E-state index in [1.165, 1.54) is 5.39 Å². The highest BCUT2D eigenvalue weighted by Crippen LogP contribution is 2.28. The molecule has 1 amide bonds. The van der Waals surface area contributed by atoms with Crippen molar-refractivity contribution >= 4 is 40.0 Å². The molecule has 3 aromatic carbocycles. The second-order valence-electron chi connectivity index (χ2n) is 7.79. The summed E-state index contributed by atoms with van der Waals surface area (Å²) in [6.45, 7) is 2.44. The Hall–Kier alpha value is -3.02. The summed E-state index contributed by atoms with van der Waals surface area (Å²) in [5, 5.41) is 9.69. The molecule has 5 rings (SSSR count). The number of rotatable bonds is 5. The van der Waals surface area contributed by atoms with Crippen LogP contribution >= 0.6 is 12.4 Å². The summed E-state index contributed by atoms with van der Waals surface area (Å²) >= 11 is 0. The van der Waals surface area contributed by atoms with Crippen LogP contribution in [0.15, 0.2) is 66.7 Å². The van der Waals surface area contributed by atoms with E-state index in [2.05, 4.69) is 39.9 Å². The topological polar surface area (TPSA) is 66.2 Å². The summed E-state index contributed by atoms with van der Waals surface area (Å²) in [4.78, 5) is 16.1. The van der Waals surface area contributed by atoms with E-state index in [4.69, 9.17) is 4.74 Å². The lowest BCUT2D eigenvalue weighted by molar-refractivity contribution is 0.0947. The molecule has 1 aliphatic rings. The molecule has 3 N–H and O–H groups in total. The number of aromatic nitrogens is 1. The largest absolute Gasteiger partial charge is 0.490 e. The average Bonchev–Trinajstić information content (AvgIpc) is 3.24. The summed E-state index contributed by atoms with van der Waals surface area (Å²) in [5.74, 6) is 0.718. The van der Waals surface area contributed by atoms with E-state index in [9.17, 15) is 4.79 Å². The van der Waals surface area contributed by atoms with E-state index < -0.39 is 0 Å². The second kappa shape index (κ2) is 9.41. The van der Waals surface area contributed by atoms with Crippen LogP contribution in [-0.2, 0) is 6.54 Å². The number of carbonyl (C=O) groups excluding carboxylic acids is 1. The molecule has 0 saturated carbocycles. The molecule has 0 unspecified atom stereocenters. The number of halogens is 1. The first-order chi connectivity index (χ1) is 14.8. The van der Waals surface area contributed by atoms with Crippen LogP contribution in [0, 0.1) is 0 Å². The number of carbonyl (C=O) groups is 1. The number of amides is 1. The van der Waals surface area contributed by atoms with Crippen molar-refractivity contribution in [3.05, 3.63) is 78.0 Å². The van der Waals surface area contributed by atoms with Gasteiger partial charge in [0.05, 0.1) is 0 Å². The maximum absolute atomic E-state index is 12.8. The van der Waals surface area contributed by atoms with Crippen molar-refractivity contribution in [3.8, 4) is 5.75 Å². The van der Waals surface area contributed by atoms with E-state index in [0.29, 0.717) is 12.2 Å². The number of ether oxygens (including phenoxy) is 1. The van der Waals surface area contributed by atoms with Gasteiger partial charge in [0.15, 0.2) is 0 Å². The van der Waals surface area contributed by atoms with Gasteiger partial charge in [-0.15, -0.1) is 12.4 Å². The zero-order valence-corrected chi connectivity index (χ0v) is 18.0. The molecule has 0 bridgehead atoms. The monoisotopic (exact) mass is 435 g/mol. The van der Waals surface area contributed by atoms with Gasteiger partial charge in [0.25, 0.3) is 5.91 Å². The Kier molecular flexibility index (Phi) is 6.44. The van der Waals surface area contributed by atoms with Crippen molar-refractivity contribution in [2.45, 2.75) is 25.5 Å². The Balaban J connectivity index is 0.00000231. The van der Waals surface area contributed by atoms with E-state index >= 15 is 0 Å². The van der Waals surface area contributed by atoms with Crippen LogP contribution in [-0.4, -0.2) is 30.1 Å². The predicted octanol–water partition coefficient (Wildman–Crippen LogP) is 4.80. The van der Waals surface area contributed by atoms with Crippen LogP contribution in [0.4, 0.5) is 0 Å². The molecule has 0 radical (unpaired) electrons. The summed E-state index contributed by atoms with van der Waals surface area (Å²) in [5.41, 5.74) is 2.57. The first-order valence-corrected chi connectivity index (χ1v) is 10.5. The number of piperidine rings is 1. The SMILES string of the molecule is Cl.O=C(NCc1cccc2ccccc12)c1cc2c(OC3CCNCC3)cccc2[nH]1. The highest BCUT2D eigenvalue weighted by Gasteiger charge is 2.17. The van der Waals surface area contributed by atoms with Crippen LogP contribution in [0.25, 0.3) is 21.7 Å². The van der Waals surface area contributed by atoms with Gasteiger partial charge in [-0.05, 0) is 60.5 Å². The van der Waals surface area contributed by atoms with Gasteiger partial charge in [-0.25, -0.2) is 0 Å². The highest BCUT2D eigenvalue weighted by molar-refractivity contribution is 5.99. The van der Waals surface area contributed by atoms with E-state index in [0.717, 1.165) is 53.5 Å². The molecular formula is C25H26ClN3O2. The molecule has 1 aromatic heterocycles. The van der Waals surface area contributed by atoms with Crippen LogP contribution in [0.5, 0.6) is 5.75 Å². The zero-order valence-electron chi connectivity index (χ0n) is 17.2. The molecule has 6 heteroatoms. The number of fused-ring (bicyclic) bond motifs is 2. The van der Waals surface area contributed by atoms with E-state index in [1.807, 2.05) is 42.5 Å². The first-order valence-electron chi connectivity index (χ1n) is 10.5.